The van der Waals surface area contributed by atoms with Crippen LogP contribution in [-0.4, -0.2) is 14.2 Å². The van der Waals surface area contributed by atoms with Gasteiger partial charge in [-0.05, 0) is 42.5 Å². The molecule has 0 aliphatic rings. The van der Waals surface area contributed by atoms with Crippen LogP contribution in [0.2, 0.25) is 0 Å². The van der Waals surface area contributed by atoms with Crippen molar-refractivity contribution in [3.05, 3.63) is 53.6 Å². The monoisotopic (exact) mass is 269 g/mol. The highest BCUT2D eigenvalue weighted by Crippen LogP contribution is 2.23. The number of nitrogens with zero attached hydrogens (tertiary/aromatic N) is 1. The van der Waals surface area contributed by atoms with E-state index in [4.69, 9.17) is 19.5 Å². The van der Waals surface area contributed by atoms with E-state index in [9.17, 15) is 0 Å². The maximum absolute atomic E-state index is 8.92. The normalized spacial score (nSPS) is 9.65. The zero-order valence-corrected chi connectivity index (χ0v) is 11.4. The van der Waals surface area contributed by atoms with Crippen LogP contribution in [0.1, 0.15) is 11.1 Å². The summed E-state index contributed by atoms with van der Waals surface area (Å²) in [5, 5.41) is 8.92. The number of hydrogen-bond donors (Lipinski definition) is 0. The first-order valence-corrected chi connectivity index (χ1v) is 6.10. The number of benzene rings is 2. The van der Waals surface area contributed by atoms with Gasteiger partial charge in [-0.3, -0.25) is 0 Å². The lowest BCUT2D eigenvalue weighted by Gasteiger charge is -2.11. The molecule has 20 heavy (non-hydrogen) atoms. The van der Waals surface area contributed by atoms with E-state index in [2.05, 4.69) is 6.07 Å². The van der Waals surface area contributed by atoms with Gasteiger partial charge in [0.25, 0.3) is 0 Å². The summed E-state index contributed by atoms with van der Waals surface area (Å²) in [7, 11) is 3.21. The summed E-state index contributed by atoms with van der Waals surface area (Å²) in [4.78, 5) is 0. The van der Waals surface area contributed by atoms with Crippen LogP contribution < -0.4 is 14.2 Å². The zero-order valence-electron chi connectivity index (χ0n) is 11.4. The third-order valence-electron chi connectivity index (χ3n) is 2.86. The molecule has 0 fully saturated rings. The molecule has 0 N–H and O–H groups in total. The molecule has 4 heteroatoms. The van der Waals surface area contributed by atoms with Crippen molar-refractivity contribution in [2.45, 2.75) is 6.61 Å². The molecule has 0 saturated heterocycles. The summed E-state index contributed by atoms with van der Waals surface area (Å²) in [6.45, 7) is 0.338. The van der Waals surface area contributed by atoms with Crippen molar-refractivity contribution in [2.75, 3.05) is 14.2 Å². The fourth-order valence-corrected chi connectivity index (χ4v) is 1.79. The van der Waals surface area contributed by atoms with E-state index in [0.717, 1.165) is 17.1 Å². The Hall–Kier alpha value is -2.67. The SMILES string of the molecule is COc1ccc(OCc2cc(C#N)ccc2OC)cc1. The smallest absolute Gasteiger partial charge is 0.125 e. The van der Waals surface area contributed by atoms with Crippen molar-refractivity contribution in [1.29, 1.82) is 5.26 Å². The largest absolute Gasteiger partial charge is 0.497 e. The third-order valence-corrected chi connectivity index (χ3v) is 2.86. The second kappa shape index (κ2) is 6.48. The van der Waals surface area contributed by atoms with E-state index in [-0.39, 0.29) is 0 Å². The van der Waals surface area contributed by atoms with Crippen LogP contribution in [0.25, 0.3) is 0 Å². The molecule has 0 atom stereocenters. The number of hydrogen-bond acceptors (Lipinski definition) is 4. The lowest BCUT2D eigenvalue weighted by Crippen LogP contribution is -1.99. The van der Waals surface area contributed by atoms with Gasteiger partial charge in [0.2, 0.25) is 0 Å². The summed E-state index contributed by atoms with van der Waals surface area (Å²) in [5.41, 5.74) is 1.42. The van der Waals surface area contributed by atoms with Crippen LogP contribution in [-0.2, 0) is 6.61 Å². The first-order valence-electron chi connectivity index (χ1n) is 6.10. The van der Waals surface area contributed by atoms with Gasteiger partial charge in [-0.2, -0.15) is 5.26 Å². The van der Waals surface area contributed by atoms with E-state index in [1.807, 2.05) is 24.3 Å². The van der Waals surface area contributed by atoms with Crippen LogP contribution >= 0.6 is 0 Å². The molecule has 0 spiro atoms. The predicted octanol–water partition coefficient (Wildman–Crippen LogP) is 3.15. The minimum absolute atomic E-state index is 0.338. The number of nitriles is 1. The van der Waals surface area contributed by atoms with Crippen molar-refractivity contribution < 1.29 is 14.2 Å². The minimum atomic E-state index is 0.338. The first-order chi connectivity index (χ1) is 9.76. The van der Waals surface area contributed by atoms with Crippen LogP contribution in [0, 0.1) is 11.3 Å². The Labute approximate surface area is 118 Å². The quantitative estimate of drug-likeness (QED) is 0.836. The molecule has 0 heterocycles. The van der Waals surface area contributed by atoms with Gasteiger partial charge in [0.1, 0.15) is 23.9 Å². The molecule has 0 amide bonds. The second-order valence-corrected chi connectivity index (χ2v) is 4.10. The lowest BCUT2D eigenvalue weighted by atomic mass is 10.1. The van der Waals surface area contributed by atoms with Crippen LogP contribution in [0.5, 0.6) is 17.2 Å². The van der Waals surface area contributed by atoms with E-state index >= 15 is 0 Å². The van der Waals surface area contributed by atoms with Crippen LogP contribution in [0.15, 0.2) is 42.5 Å². The Morgan fingerprint density at radius 3 is 2.25 bits per heavy atom. The maximum Gasteiger partial charge on any atom is 0.125 e. The highest BCUT2D eigenvalue weighted by Gasteiger charge is 2.05. The number of methoxy groups -OCH3 is 2. The van der Waals surface area contributed by atoms with Crippen LogP contribution in [0.3, 0.4) is 0 Å². The molecule has 0 bridgehead atoms. The predicted molar refractivity (Wildman–Crippen MR) is 75.0 cm³/mol. The number of ether oxygens (including phenoxy) is 3. The Morgan fingerprint density at radius 2 is 1.65 bits per heavy atom. The highest BCUT2D eigenvalue weighted by molar-refractivity contribution is 5.42. The summed E-state index contributed by atoms with van der Waals surface area (Å²) in [6.07, 6.45) is 0. The van der Waals surface area contributed by atoms with Crippen LogP contribution in [0.4, 0.5) is 0 Å². The maximum atomic E-state index is 8.92. The average Bonchev–Trinajstić information content (AvgIpc) is 2.53. The Kier molecular flexibility index (Phi) is 4.46. The van der Waals surface area contributed by atoms with E-state index in [0.29, 0.717) is 17.9 Å². The summed E-state index contributed by atoms with van der Waals surface area (Å²) < 4.78 is 16.0. The van der Waals surface area contributed by atoms with Crippen molar-refractivity contribution in [2.24, 2.45) is 0 Å². The molecule has 0 aliphatic carbocycles. The van der Waals surface area contributed by atoms with Gasteiger partial charge in [-0.25, -0.2) is 0 Å². The van der Waals surface area contributed by atoms with E-state index < -0.39 is 0 Å². The van der Waals surface area contributed by atoms with E-state index in [1.165, 1.54) is 0 Å². The van der Waals surface area contributed by atoms with Gasteiger partial charge in [-0.1, -0.05) is 0 Å². The molecule has 4 nitrogen and oxygen atoms in total. The fourth-order valence-electron chi connectivity index (χ4n) is 1.79. The Bertz CT molecular complexity index is 615. The first kappa shape index (κ1) is 13.8. The van der Waals surface area contributed by atoms with Gasteiger partial charge < -0.3 is 14.2 Å². The summed E-state index contributed by atoms with van der Waals surface area (Å²) in [5.74, 6) is 2.22. The highest BCUT2D eigenvalue weighted by atomic mass is 16.5. The second-order valence-electron chi connectivity index (χ2n) is 4.10. The Morgan fingerprint density at radius 1 is 0.950 bits per heavy atom. The molecule has 0 aliphatic heterocycles. The summed E-state index contributed by atoms with van der Waals surface area (Å²) in [6, 6.07) is 14.7. The average molecular weight is 269 g/mol. The molecule has 2 aromatic rings. The van der Waals surface area contributed by atoms with Gasteiger partial charge >= 0.3 is 0 Å². The molecule has 0 aromatic heterocycles. The van der Waals surface area contributed by atoms with Crippen molar-refractivity contribution in [3.63, 3.8) is 0 Å². The third kappa shape index (κ3) is 3.21. The van der Waals surface area contributed by atoms with Gasteiger partial charge in [0.15, 0.2) is 0 Å². The molecular formula is C16H15NO3. The lowest BCUT2D eigenvalue weighted by molar-refractivity contribution is 0.296. The molecule has 0 saturated carbocycles. The van der Waals surface area contributed by atoms with E-state index in [1.54, 1.807) is 32.4 Å². The van der Waals surface area contributed by atoms with Gasteiger partial charge in [-0.15, -0.1) is 0 Å². The molecule has 2 aromatic carbocycles. The molecule has 0 unspecified atom stereocenters. The van der Waals surface area contributed by atoms with Crippen molar-refractivity contribution in [3.8, 4) is 23.3 Å². The fraction of sp³-hybridized carbons (Fsp3) is 0.188. The minimum Gasteiger partial charge on any atom is -0.497 e. The number of rotatable bonds is 5. The summed E-state index contributed by atoms with van der Waals surface area (Å²) >= 11 is 0. The molecule has 2 rings (SSSR count). The van der Waals surface area contributed by atoms with Gasteiger partial charge in [0.05, 0.1) is 25.9 Å². The topological polar surface area (TPSA) is 51.5 Å². The Balaban J connectivity index is 2.11. The van der Waals surface area contributed by atoms with Gasteiger partial charge in [0, 0.05) is 5.56 Å². The molecule has 102 valence electrons. The zero-order chi connectivity index (χ0) is 14.4. The molecular weight excluding hydrogens is 254 g/mol. The van der Waals surface area contributed by atoms with Crippen molar-refractivity contribution >= 4 is 0 Å². The molecule has 0 radical (unpaired) electrons. The standard InChI is InChI=1S/C16H15NO3/c1-18-14-4-6-15(7-5-14)20-11-13-9-12(10-17)3-8-16(13)19-2/h3-9H,11H2,1-2H3. The van der Waals surface area contributed by atoms with Crippen molar-refractivity contribution in [1.82, 2.24) is 0 Å².